The Bertz CT molecular complexity index is 3430. The van der Waals surface area contributed by atoms with E-state index in [0.29, 0.717) is 32.6 Å². The summed E-state index contributed by atoms with van der Waals surface area (Å²) in [5.41, 5.74) is 9.35. The lowest BCUT2D eigenvalue weighted by Crippen LogP contribution is -2.15. The summed E-state index contributed by atoms with van der Waals surface area (Å²) in [7, 11) is 3.23. The van der Waals surface area contributed by atoms with Gasteiger partial charge in [0.05, 0.1) is 40.2 Å². The van der Waals surface area contributed by atoms with E-state index in [1.807, 2.05) is 104 Å². The number of rotatable bonds is 8. The highest BCUT2D eigenvalue weighted by atomic mass is 32.1. The topological polar surface area (TPSA) is 106 Å². The first-order chi connectivity index (χ1) is 34.4. The third-order valence-electron chi connectivity index (χ3n) is 12.6. The number of hydrogen-bond acceptors (Lipinski definition) is 8. The van der Waals surface area contributed by atoms with Crippen LogP contribution in [0.1, 0.15) is 125 Å². The number of anilines is 3. The number of hydrogen-bond donors (Lipinski definition) is 3. The highest BCUT2D eigenvalue weighted by Gasteiger charge is 2.21. The maximum Gasteiger partial charge on any atom is 0.265 e. The van der Waals surface area contributed by atoms with Crippen LogP contribution in [0.3, 0.4) is 0 Å². The lowest BCUT2D eigenvalue weighted by molar-refractivity contribution is 0.102. The SMILES string of the molecule is COc1ccc(C(C)(C)C)cc1NC(=O)c1cc2cccc(C)c2s1.COc1ccc(C(C)(C)C)cc1NC(=O)c1cc2ccccc2s1.Cc1ccc(C(C)(C)C)cc1NC(=O)c1cc2cccc(C)c2s1. The molecule has 6 aromatic carbocycles. The number of benzene rings is 6. The van der Waals surface area contributed by atoms with Gasteiger partial charge in [0.2, 0.25) is 0 Å². The summed E-state index contributed by atoms with van der Waals surface area (Å²) in [4.78, 5) is 40.3. The fraction of sp³-hybridized carbons (Fsp3) is 0.274. The van der Waals surface area contributed by atoms with Crippen LogP contribution in [0.4, 0.5) is 17.1 Å². The number of carbonyl (C=O) groups excluding carboxylic acids is 3. The van der Waals surface area contributed by atoms with Crippen molar-refractivity contribution in [1.29, 1.82) is 0 Å². The Morgan fingerprint density at radius 1 is 0.397 bits per heavy atom. The Morgan fingerprint density at radius 2 is 0.767 bits per heavy atom. The molecule has 0 bridgehead atoms. The quantitative estimate of drug-likeness (QED) is 0.141. The van der Waals surface area contributed by atoms with Gasteiger partial charge in [-0.25, -0.2) is 0 Å². The van der Waals surface area contributed by atoms with Gasteiger partial charge in [-0.2, -0.15) is 0 Å². The molecule has 0 unspecified atom stereocenters. The first kappa shape index (κ1) is 54.0. The van der Waals surface area contributed by atoms with Crippen molar-refractivity contribution < 1.29 is 23.9 Å². The second kappa shape index (κ2) is 22.1. The molecule has 3 N–H and O–H groups in total. The van der Waals surface area contributed by atoms with Crippen LogP contribution in [0.15, 0.2) is 133 Å². The second-order valence-corrected chi connectivity index (χ2v) is 24.5. The molecular weight excluding hydrogens is 963 g/mol. The molecule has 0 fully saturated rings. The van der Waals surface area contributed by atoms with Crippen LogP contribution in [0.5, 0.6) is 11.5 Å². The van der Waals surface area contributed by atoms with Crippen molar-refractivity contribution in [3.05, 3.63) is 181 Å². The Kier molecular flexibility index (Phi) is 16.4. The lowest BCUT2D eigenvalue weighted by Gasteiger charge is -2.21. The number of methoxy groups -OCH3 is 2. The van der Waals surface area contributed by atoms with Gasteiger partial charge in [-0.3, -0.25) is 14.4 Å². The third kappa shape index (κ3) is 13.1. The van der Waals surface area contributed by atoms with E-state index in [4.69, 9.17) is 9.47 Å². The molecule has 0 aliphatic carbocycles. The van der Waals surface area contributed by atoms with Gasteiger partial charge >= 0.3 is 0 Å². The average molecular weight is 1030 g/mol. The summed E-state index contributed by atoms with van der Waals surface area (Å²) < 4.78 is 14.3. The van der Waals surface area contributed by atoms with Crippen molar-refractivity contribution >= 4 is 99.1 Å². The minimum Gasteiger partial charge on any atom is -0.495 e. The van der Waals surface area contributed by atoms with Gasteiger partial charge in [-0.15, -0.1) is 34.0 Å². The summed E-state index contributed by atoms with van der Waals surface area (Å²) in [5.74, 6) is 1.08. The number of nitrogens with one attached hydrogen (secondary N) is 3. The molecule has 8 nitrogen and oxygen atoms in total. The van der Waals surface area contributed by atoms with Gasteiger partial charge in [0, 0.05) is 19.8 Å². The van der Waals surface area contributed by atoms with E-state index in [1.54, 1.807) is 25.6 Å². The van der Waals surface area contributed by atoms with Crippen molar-refractivity contribution in [2.75, 3.05) is 30.2 Å². The normalized spacial score (nSPS) is 11.6. The Balaban J connectivity index is 0.000000160. The van der Waals surface area contributed by atoms with Crippen molar-refractivity contribution in [2.24, 2.45) is 0 Å². The number of carbonyl (C=O) groups is 3. The van der Waals surface area contributed by atoms with Crippen LogP contribution in [-0.4, -0.2) is 31.9 Å². The molecule has 11 heteroatoms. The predicted octanol–water partition coefficient (Wildman–Crippen LogP) is 17.3. The Labute approximate surface area is 442 Å². The van der Waals surface area contributed by atoms with E-state index in [9.17, 15) is 14.4 Å². The van der Waals surface area contributed by atoms with Crippen LogP contribution in [0.2, 0.25) is 0 Å². The third-order valence-corrected chi connectivity index (χ3v) is 16.2. The lowest BCUT2D eigenvalue weighted by atomic mass is 9.86. The molecule has 73 heavy (non-hydrogen) atoms. The summed E-state index contributed by atoms with van der Waals surface area (Å²) in [6, 6.07) is 44.3. The van der Waals surface area contributed by atoms with Gasteiger partial charge in [-0.1, -0.05) is 141 Å². The molecule has 0 aliphatic heterocycles. The number of amides is 3. The number of fused-ring (bicyclic) bond motifs is 3. The monoisotopic (exact) mass is 1030 g/mol. The molecule has 0 atom stereocenters. The predicted molar refractivity (Wildman–Crippen MR) is 312 cm³/mol. The molecule has 9 aromatic rings. The minimum absolute atomic E-state index is 0.000470. The van der Waals surface area contributed by atoms with E-state index >= 15 is 0 Å². The molecule has 0 radical (unpaired) electrons. The first-order valence-electron chi connectivity index (χ1n) is 24.3. The molecule has 3 amide bonds. The Morgan fingerprint density at radius 3 is 1.18 bits per heavy atom. The van der Waals surface area contributed by atoms with Gasteiger partial charge in [0.15, 0.2) is 0 Å². The van der Waals surface area contributed by atoms with Gasteiger partial charge in [0.25, 0.3) is 17.7 Å². The number of thiophene rings is 3. The highest BCUT2D eigenvalue weighted by Crippen LogP contribution is 2.36. The summed E-state index contributed by atoms with van der Waals surface area (Å²) >= 11 is 4.57. The number of ether oxygens (including phenoxy) is 2. The summed E-state index contributed by atoms with van der Waals surface area (Å²) in [6.45, 7) is 25.6. The molecule has 9 rings (SSSR count). The van der Waals surface area contributed by atoms with E-state index in [-0.39, 0.29) is 34.0 Å². The van der Waals surface area contributed by atoms with Crippen molar-refractivity contribution in [3.8, 4) is 11.5 Å². The molecule has 378 valence electrons. The van der Waals surface area contributed by atoms with Crippen molar-refractivity contribution in [2.45, 2.75) is 99.3 Å². The van der Waals surface area contributed by atoms with Crippen LogP contribution in [0, 0.1) is 20.8 Å². The van der Waals surface area contributed by atoms with E-state index in [1.165, 1.54) is 44.1 Å². The smallest absolute Gasteiger partial charge is 0.265 e. The van der Waals surface area contributed by atoms with E-state index in [0.717, 1.165) is 52.8 Å². The zero-order valence-corrected chi connectivity index (χ0v) is 46.9. The number of aryl methyl sites for hydroxylation is 3. The fourth-order valence-electron chi connectivity index (χ4n) is 8.05. The molecule has 3 aromatic heterocycles. The molecule has 0 saturated heterocycles. The maximum atomic E-state index is 12.8. The van der Waals surface area contributed by atoms with Crippen LogP contribution in [-0.2, 0) is 16.2 Å². The largest absolute Gasteiger partial charge is 0.495 e. The Hall–Kier alpha value is -6.79. The standard InChI is InChI=1S/C21H23NO2S.C21H23NOS.C20H21NO2S/c1-13-7-6-8-14-11-18(25-19(13)14)20(23)22-16-12-15(21(2,3)4)9-10-17(16)24-5;1-13-9-10-16(21(3,4)5)12-17(13)22-20(23)18-11-15-8-6-7-14(2)19(15)24-18;1-20(2,3)14-9-10-16(23-4)15(12-14)21-19(22)18-11-13-7-5-6-8-17(13)24-18/h6-12H,1-5H3,(H,22,23);6-12H,1-5H3,(H,22,23);5-12H,1-4H3,(H,21,22). The molecule has 0 saturated carbocycles. The molecule has 0 spiro atoms. The fourth-order valence-corrected chi connectivity index (χ4v) is 11.1. The zero-order valence-electron chi connectivity index (χ0n) is 44.5. The summed E-state index contributed by atoms with van der Waals surface area (Å²) in [5, 5.41) is 12.4. The van der Waals surface area contributed by atoms with Crippen molar-refractivity contribution in [1.82, 2.24) is 0 Å². The molecular formula is C62H67N3O5S3. The van der Waals surface area contributed by atoms with E-state index in [2.05, 4.69) is 129 Å². The van der Waals surface area contributed by atoms with Crippen LogP contribution >= 0.6 is 34.0 Å². The average Bonchev–Trinajstić information content (AvgIpc) is 4.11. The summed E-state index contributed by atoms with van der Waals surface area (Å²) in [6.07, 6.45) is 0. The highest BCUT2D eigenvalue weighted by molar-refractivity contribution is 7.21. The van der Waals surface area contributed by atoms with Crippen molar-refractivity contribution in [3.63, 3.8) is 0 Å². The first-order valence-corrected chi connectivity index (χ1v) is 26.8. The molecule has 3 heterocycles. The van der Waals surface area contributed by atoms with Gasteiger partial charge in [-0.05, 0) is 141 Å². The van der Waals surface area contributed by atoms with Gasteiger partial charge in [0.1, 0.15) is 11.5 Å². The van der Waals surface area contributed by atoms with Crippen LogP contribution in [0.25, 0.3) is 30.3 Å². The van der Waals surface area contributed by atoms with Gasteiger partial charge < -0.3 is 25.4 Å². The van der Waals surface area contributed by atoms with Crippen LogP contribution < -0.4 is 25.4 Å². The molecule has 0 aliphatic rings. The van der Waals surface area contributed by atoms with E-state index < -0.39 is 0 Å². The second-order valence-electron chi connectivity index (χ2n) is 21.3. The minimum atomic E-state index is -0.111. The maximum absolute atomic E-state index is 12.8. The zero-order chi connectivity index (χ0) is 53.0.